The normalized spacial score (nSPS) is 11.3. The van der Waals surface area contributed by atoms with Gasteiger partial charge in [0.2, 0.25) is 0 Å². The highest BCUT2D eigenvalue weighted by atomic mass is 32.2. The molecular formula is C11H13N3O4S2. The number of anilines is 1. The molecule has 108 valence electrons. The summed E-state index contributed by atoms with van der Waals surface area (Å²) in [5.74, 6) is -0.554. The standard InChI is InChI=1S/C11H13N3O4S2/c1-3-18-11(15)9-4-7(2)19-10(9)14-20(16,17)8-5-12-13-6-8/h4-6,14H,3H2,1-2H3,(H,12,13). The molecule has 9 heteroatoms. The Morgan fingerprint density at radius 3 is 2.90 bits per heavy atom. The Kier molecular flexibility index (Phi) is 4.09. The molecule has 2 rings (SSSR count). The van der Waals surface area contributed by atoms with Gasteiger partial charge in [-0.3, -0.25) is 9.82 Å². The number of aromatic amines is 1. The highest BCUT2D eigenvalue weighted by Crippen LogP contribution is 2.30. The molecule has 2 N–H and O–H groups in total. The van der Waals surface area contributed by atoms with Gasteiger partial charge in [0.25, 0.3) is 10.0 Å². The Morgan fingerprint density at radius 1 is 1.55 bits per heavy atom. The van der Waals surface area contributed by atoms with E-state index in [9.17, 15) is 13.2 Å². The number of sulfonamides is 1. The number of hydrogen-bond donors (Lipinski definition) is 2. The van der Waals surface area contributed by atoms with E-state index in [-0.39, 0.29) is 22.1 Å². The Labute approximate surface area is 120 Å². The minimum Gasteiger partial charge on any atom is -0.462 e. The lowest BCUT2D eigenvalue weighted by Gasteiger charge is -2.06. The van der Waals surface area contributed by atoms with E-state index < -0.39 is 16.0 Å². The minimum atomic E-state index is -3.77. The number of hydrogen-bond acceptors (Lipinski definition) is 6. The van der Waals surface area contributed by atoms with E-state index in [1.807, 2.05) is 0 Å². The predicted octanol–water partition coefficient (Wildman–Crippen LogP) is 1.76. The van der Waals surface area contributed by atoms with Crippen molar-refractivity contribution in [3.8, 4) is 0 Å². The van der Waals surface area contributed by atoms with Crippen molar-refractivity contribution < 1.29 is 17.9 Å². The van der Waals surface area contributed by atoms with Crippen LogP contribution in [0, 0.1) is 6.92 Å². The van der Waals surface area contributed by atoms with Crippen LogP contribution < -0.4 is 4.72 Å². The quantitative estimate of drug-likeness (QED) is 0.819. The van der Waals surface area contributed by atoms with E-state index in [0.717, 1.165) is 4.88 Å². The zero-order chi connectivity index (χ0) is 14.8. The Hall–Kier alpha value is -1.87. The summed E-state index contributed by atoms with van der Waals surface area (Å²) in [7, 11) is -3.77. The number of nitrogens with one attached hydrogen (secondary N) is 2. The molecule has 0 unspecified atom stereocenters. The van der Waals surface area contributed by atoms with Crippen molar-refractivity contribution in [1.29, 1.82) is 0 Å². The van der Waals surface area contributed by atoms with E-state index in [4.69, 9.17) is 4.74 Å². The summed E-state index contributed by atoms with van der Waals surface area (Å²) in [6.45, 7) is 3.69. The lowest BCUT2D eigenvalue weighted by atomic mass is 10.3. The van der Waals surface area contributed by atoms with Gasteiger partial charge < -0.3 is 4.74 Å². The van der Waals surface area contributed by atoms with Gasteiger partial charge in [0.15, 0.2) is 0 Å². The molecular weight excluding hydrogens is 302 g/mol. The largest absolute Gasteiger partial charge is 0.462 e. The van der Waals surface area contributed by atoms with Crippen LogP contribution in [-0.2, 0) is 14.8 Å². The molecule has 2 aromatic rings. The van der Waals surface area contributed by atoms with Gasteiger partial charge in [-0.15, -0.1) is 11.3 Å². The smallest absolute Gasteiger partial charge is 0.341 e. The molecule has 0 saturated heterocycles. The van der Waals surface area contributed by atoms with Crippen LogP contribution in [0.4, 0.5) is 5.00 Å². The highest BCUT2D eigenvalue weighted by molar-refractivity contribution is 7.93. The van der Waals surface area contributed by atoms with E-state index in [1.54, 1.807) is 19.9 Å². The van der Waals surface area contributed by atoms with Crippen LogP contribution in [0.1, 0.15) is 22.2 Å². The first-order valence-electron chi connectivity index (χ1n) is 5.73. The lowest BCUT2D eigenvalue weighted by Crippen LogP contribution is -2.14. The van der Waals surface area contributed by atoms with E-state index >= 15 is 0 Å². The first-order chi connectivity index (χ1) is 9.44. The molecule has 0 aliphatic rings. The van der Waals surface area contributed by atoms with Crippen LogP contribution in [0.25, 0.3) is 0 Å². The second-order valence-corrected chi connectivity index (χ2v) is 6.80. The summed E-state index contributed by atoms with van der Waals surface area (Å²) in [6, 6.07) is 1.59. The van der Waals surface area contributed by atoms with Gasteiger partial charge in [0, 0.05) is 11.1 Å². The summed E-state index contributed by atoms with van der Waals surface area (Å²) in [4.78, 5) is 12.6. The summed E-state index contributed by atoms with van der Waals surface area (Å²) in [5, 5.41) is 6.26. The number of carbonyl (C=O) groups excluding carboxylic acids is 1. The Bertz CT molecular complexity index is 704. The van der Waals surface area contributed by atoms with Crippen molar-refractivity contribution >= 4 is 32.3 Å². The molecule has 0 bridgehead atoms. The average molecular weight is 315 g/mol. The topological polar surface area (TPSA) is 101 Å². The second-order valence-electron chi connectivity index (χ2n) is 3.86. The van der Waals surface area contributed by atoms with Crippen LogP contribution in [0.2, 0.25) is 0 Å². The van der Waals surface area contributed by atoms with Crippen molar-refractivity contribution in [3.05, 3.63) is 28.9 Å². The zero-order valence-electron chi connectivity index (χ0n) is 10.8. The van der Waals surface area contributed by atoms with Crippen molar-refractivity contribution in [2.45, 2.75) is 18.7 Å². The van der Waals surface area contributed by atoms with Gasteiger partial charge in [0.05, 0.1) is 18.4 Å². The number of aromatic nitrogens is 2. The molecule has 2 heterocycles. The van der Waals surface area contributed by atoms with Crippen LogP contribution in [0.5, 0.6) is 0 Å². The molecule has 0 aliphatic carbocycles. The number of esters is 1. The molecule has 2 aromatic heterocycles. The fraction of sp³-hybridized carbons (Fsp3) is 0.273. The van der Waals surface area contributed by atoms with Gasteiger partial charge in [-0.05, 0) is 19.9 Å². The maximum atomic E-state index is 12.1. The molecule has 0 aliphatic heterocycles. The zero-order valence-corrected chi connectivity index (χ0v) is 12.5. The fourth-order valence-electron chi connectivity index (χ4n) is 1.52. The first-order valence-corrected chi connectivity index (χ1v) is 8.03. The number of carbonyl (C=O) groups is 1. The number of nitrogens with zero attached hydrogens (tertiary/aromatic N) is 1. The molecule has 7 nitrogen and oxygen atoms in total. The van der Waals surface area contributed by atoms with Crippen molar-refractivity contribution in [3.63, 3.8) is 0 Å². The number of thiophene rings is 1. The average Bonchev–Trinajstić information content (AvgIpc) is 2.98. The number of aryl methyl sites for hydroxylation is 1. The molecule has 0 saturated carbocycles. The van der Waals surface area contributed by atoms with Gasteiger partial charge in [-0.2, -0.15) is 5.10 Å². The minimum absolute atomic E-state index is 0.00152. The molecule has 20 heavy (non-hydrogen) atoms. The predicted molar refractivity (Wildman–Crippen MR) is 74.4 cm³/mol. The number of ether oxygens (including phenoxy) is 1. The summed E-state index contributed by atoms with van der Waals surface area (Å²) in [6.07, 6.45) is 2.44. The lowest BCUT2D eigenvalue weighted by molar-refractivity contribution is 0.0528. The van der Waals surface area contributed by atoms with Crippen LogP contribution in [0.15, 0.2) is 23.4 Å². The third-order valence-corrected chi connectivity index (χ3v) is 4.77. The maximum absolute atomic E-state index is 12.1. The number of H-pyrrole nitrogens is 1. The van der Waals surface area contributed by atoms with Crippen molar-refractivity contribution in [2.24, 2.45) is 0 Å². The SMILES string of the molecule is CCOC(=O)c1cc(C)sc1NS(=O)(=O)c1cn[nH]c1. The van der Waals surface area contributed by atoms with Gasteiger partial charge >= 0.3 is 5.97 Å². The van der Waals surface area contributed by atoms with E-state index in [1.165, 1.54) is 23.7 Å². The maximum Gasteiger partial charge on any atom is 0.341 e. The van der Waals surface area contributed by atoms with Crippen LogP contribution in [-0.4, -0.2) is 31.2 Å². The van der Waals surface area contributed by atoms with Crippen LogP contribution >= 0.6 is 11.3 Å². The molecule has 0 radical (unpaired) electrons. The molecule has 0 spiro atoms. The Morgan fingerprint density at radius 2 is 2.30 bits per heavy atom. The number of rotatable bonds is 5. The summed E-state index contributed by atoms with van der Waals surface area (Å²) < 4.78 is 31.5. The Balaban J connectivity index is 2.32. The third-order valence-electron chi connectivity index (χ3n) is 2.36. The molecule has 0 atom stereocenters. The molecule has 0 amide bonds. The summed E-state index contributed by atoms with van der Waals surface area (Å²) >= 11 is 1.17. The second kappa shape index (κ2) is 5.63. The van der Waals surface area contributed by atoms with Gasteiger partial charge in [0.1, 0.15) is 9.90 Å². The highest BCUT2D eigenvalue weighted by Gasteiger charge is 2.22. The summed E-state index contributed by atoms with van der Waals surface area (Å²) in [5.41, 5.74) is 0.210. The molecule has 0 aromatic carbocycles. The van der Waals surface area contributed by atoms with E-state index in [0.29, 0.717) is 0 Å². The monoisotopic (exact) mass is 315 g/mol. The van der Waals surface area contributed by atoms with Gasteiger partial charge in [-0.25, -0.2) is 13.2 Å². The van der Waals surface area contributed by atoms with Crippen molar-refractivity contribution in [2.75, 3.05) is 11.3 Å². The fourth-order valence-corrected chi connectivity index (χ4v) is 3.64. The third kappa shape index (κ3) is 2.99. The van der Waals surface area contributed by atoms with Crippen LogP contribution in [0.3, 0.4) is 0 Å². The van der Waals surface area contributed by atoms with E-state index in [2.05, 4.69) is 14.9 Å². The first kappa shape index (κ1) is 14.5. The van der Waals surface area contributed by atoms with Crippen molar-refractivity contribution in [1.82, 2.24) is 10.2 Å². The molecule has 0 fully saturated rings. The van der Waals surface area contributed by atoms with Gasteiger partial charge in [-0.1, -0.05) is 0 Å².